The molecule has 1 heterocycles. The summed E-state index contributed by atoms with van der Waals surface area (Å²) in [6.07, 6.45) is 0.770. The standard InChI is InChI=1S/C21H25ClN2O4/c1-4-28-20(25)12-24-8-7-13-9-18(26-2)19(27-3)11-15(13)21(24)16-10-14(22)5-6-17(16)23/h5-6,9-11,21H,4,7-8,12,23H2,1-3H3/t21-/m1/s1. The maximum absolute atomic E-state index is 12.2. The molecule has 0 unspecified atom stereocenters. The molecule has 150 valence electrons. The fourth-order valence-corrected chi connectivity index (χ4v) is 3.87. The number of hydrogen-bond donors (Lipinski definition) is 1. The van der Waals surface area contributed by atoms with Crippen LogP contribution in [-0.4, -0.2) is 44.8 Å². The van der Waals surface area contributed by atoms with Crippen LogP contribution in [0.25, 0.3) is 0 Å². The molecule has 1 aliphatic heterocycles. The number of anilines is 1. The minimum absolute atomic E-state index is 0.165. The highest BCUT2D eigenvalue weighted by molar-refractivity contribution is 6.30. The molecular formula is C21H25ClN2O4. The Hall–Kier alpha value is -2.44. The second-order valence-corrected chi connectivity index (χ2v) is 7.04. The molecular weight excluding hydrogens is 380 g/mol. The second kappa shape index (κ2) is 8.71. The summed E-state index contributed by atoms with van der Waals surface area (Å²) in [6.45, 7) is 2.99. The first kappa shape index (κ1) is 20.3. The predicted octanol–water partition coefficient (Wildman–Crippen LogP) is 3.45. The second-order valence-electron chi connectivity index (χ2n) is 6.61. The van der Waals surface area contributed by atoms with E-state index in [1.54, 1.807) is 33.3 Å². The Labute approximate surface area is 170 Å². The summed E-state index contributed by atoms with van der Waals surface area (Å²) in [6, 6.07) is 9.10. The third kappa shape index (κ3) is 4.03. The first-order valence-corrected chi connectivity index (χ1v) is 9.55. The van der Waals surface area contributed by atoms with Gasteiger partial charge in [-0.25, -0.2) is 0 Å². The lowest BCUT2D eigenvalue weighted by Gasteiger charge is -2.38. The lowest BCUT2D eigenvalue weighted by atomic mass is 9.87. The van der Waals surface area contributed by atoms with Crippen LogP contribution in [0.15, 0.2) is 30.3 Å². The number of benzene rings is 2. The SMILES string of the molecule is CCOC(=O)CN1CCc2cc(OC)c(OC)cc2[C@@H]1c1cc(Cl)ccc1N. The Morgan fingerprint density at radius 3 is 2.57 bits per heavy atom. The number of nitrogens with zero attached hydrogens (tertiary/aromatic N) is 1. The summed E-state index contributed by atoms with van der Waals surface area (Å²) in [4.78, 5) is 14.3. The molecule has 1 atom stereocenters. The van der Waals surface area contributed by atoms with Crippen molar-refractivity contribution in [2.24, 2.45) is 0 Å². The largest absolute Gasteiger partial charge is 0.493 e. The van der Waals surface area contributed by atoms with Crippen LogP contribution < -0.4 is 15.2 Å². The van der Waals surface area contributed by atoms with Crippen LogP contribution >= 0.6 is 11.6 Å². The zero-order valence-electron chi connectivity index (χ0n) is 16.3. The van der Waals surface area contributed by atoms with Gasteiger partial charge in [0.25, 0.3) is 0 Å². The predicted molar refractivity (Wildman–Crippen MR) is 109 cm³/mol. The van der Waals surface area contributed by atoms with Crippen LogP contribution in [0.1, 0.15) is 29.7 Å². The quantitative estimate of drug-likeness (QED) is 0.587. The van der Waals surface area contributed by atoms with Gasteiger partial charge in [0.2, 0.25) is 0 Å². The Kier molecular flexibility index (Phi) is 6.31. The van der Waals surface area contributed by atoms with Crippen molar-refractivity contribution in [3.05, 3.63) is 52.0 Å². The van der Waals surface area contributed by atoms with E-state index in [-0.39, 0.29) is 18.6 Å². The number of halogens is 1. The molecule has 0 fully saturated rings. The molecule has 7 heteroatoms. The van der Waals surface area contributed by atoms with E-state index < -0.39 is 0 Å². The Bertz CT molecular complexity index is 872. The van der Waals surface area contributed by atoms with Crippen LogP contribution in [0.3, 0.4) is 0 Å². The van der Waals surface area contributed by atoms with Gasteiger partial charge in [0.15, 0.2) is 11.5 Å². The van der Waals surface area contributed by atoms with Crippen molar-refractivity contribution in [1.29, 1.82) is 0 Å². The van der Waals surface area contributed by atoms with Crippen molar-refractivity contribution in [3.8, 4) is 11.5 Å². The van der Waals surface area contributed by atoms with E-state index in [2.05, 4.69) is 4.90 Å². The molecule has 0 saturated heterocycles. The lowest BCUT2D eigenvalue weighted by Crippen LogP contribution is -2.40. The number of esters is 1. The van der Waals surface area contributed by atoms with Gasteiger partial charge >= 0.3 is 5.97 Å². The fourth-order valence-electron chi connectivity index (χ4n) is 3.69. The highest BCUT2D eigenvalue weighted by Crippen LogP contribution is 2.42. The number of carbonyl (C=O) groups is 1. The van der Waals surface area contributed by atoms with Gasteiger partial charge in [-0.3, -0.25) is 9.69 Å². The van der Waals surface area contributed by atoms with Gasteiger partial charge in [-0.1, -0.05) is 11.6 Å². The fraction of sp³-hybridized carbons (Fsp3) is 0.381. The number of methoxy groups -OCH3 is 2. The third-order valence-electron chi connectivity index (χ3n) is 4.95. The average Bonchev–Trinajstić information content (AvgIpc) is 2.69. The van der Waals surface area contributed by atoms with Crippen molar-refractivity contribution in [3.63, 3.8) is 0 Å². The van der Waals surface area contributed by atoms with Crippen molar-refractivity contribution >= 4 is 23.3 Å². The van der Waals surface area contributed by atoms with Gasteiger partial charge in [0.05, 0.1) is 33.4 Å². The minimum Gasteiger partial charge on any atom is -0.493 e. The molecule has 2 aromatic carbocycles. The summed E-state index contributed by atoms with van der Waals surface area (Å²) in [7, 11) is 3.22. The summed E-state index contributed by atoms with van der Waals surface area (Å²) < 4.78 is 16.1. The van der Waals surface area contributed by atoms with Crippen LogP contribution in [-0.2, 0) is 16.0 Å². The van der Waals surface area contributed by atoms with Gasteiger partial charge in [-0.05, 0) is 60.4 Å². The lowest BCUT2D eigenvalue weighted by molar-refractivity contribution is -0.145. The summed E-state index contributed by atoms with van der Waals surface area (Å²) >= 11 is 6.26. The van der Waals surface area contributed by atoms with E-state index in [1.807, 2.05) is 18.2 Å². The summed E-state index contributed by atoms with van der Waals surface area (Å²) in [5.41, 5.74) is 9.91. The molecule has 2 aromatic rings. The number of nitrogens with two attached hydrogens (primary N) is 1. The number of rotatable bonds is 6. The Morgan fingerprint density at radius 2 is 1.89 bits per heavy atom. The van der Waals surface area contributed by atoms with Crippen LogP contribution in [0.4, 0.5) is 5.69 Å². The molecule has 0 aromatic heterocycles. The number of ether oxygens (including phenoxy) is 3. The summed E-state index contributed by atoms with van der Waals surface area (Å²) in [5.74, 6) is 1.04. The van der Waals surface area contributed by atoms with E-state index in [1.165, 1.54) is 0 Å². The monoisotopic (exact) mass is 404 g/mol. The van der Waals surface area contributed by atoms with Crippen molar-refractivity contribution in [2.75, 3.05) is 39.6 Å². The molecule has 0 spiro atoms. The molecule has 0 aliphatic carbocycles. The van der Waals surface area contributed by atoms with Crippen LogP contribution in [0.2, 0.25) is 5.02 Å². The highest BCUT2D eigenvalue weighted by Gasteiger charge is 2.33. The third-order valence-corrected chi connectivity index (χ3v) is 5.19. The maximum atomic E-state index is 12.2. The maximum Gasteiger partial charge on any atom is 0.320 e. The van der Waals surface area contributed by atoms with Crippen molar-refractivity contribution in [2.45, 2.75) is 19.4 Å². The first-order chi connectivity index (χ1) is 13.5. The minimum atomic E-state index is -0.267. The number of carbonyl (C=O) groups excluding carboxylic acids is 1. The molecule has 1 aliphatic rings. The highest BCUT2D eigenvalue weighted by atomic mass is 35.5. The molecule has 2 N–H and O–H groups in total. The van der Waals surface area contributed by atoms with Gasteiger partial charge in [0, 0.05) is 17.3 Å². The van der Waals surface area contributed by atoms with Crippen molar-refractivity contribution < 1.29 is 19.0 Å². The summed E-state index contributed by atoms with van der Waals surface area (Å²) in [5, 5.41) is 0.591. The normalized spacial score (nSPS) is 16.4. The first-order valence-electron chi connectivity index (χ1n) is 9.17. The van der Waals surface area contributed by atoms with Crippen LogP contribution in [0, 0.1) is 0 Å². The average molecular weight is 405 g/mol. The zero-order chi connectivity index (χ0) is 20.3. The molecule has 0 radical (unpaired) electrons. The number of nitrogen functional groups attached to an aromatic ring is 1. The van der Waals surface area contributed by atoms with E-state index in [0.717, 1.165) is 23.1 Å². The number of hydrogen-bond acceptors (Lipinski definition) is 6. The molecule has 0 bridgehead atoms. The topological polar surface area (TPSA) is 74.0 Å². The molecule has 3 rings (SSSR count). The Morgan fingerprint density at radius 1 is 1.18 bits per heavy atom. The molecule has 28 heavy (non-hydrogen) atoms. The zero-order valence-corrected chi connectivity index (χ0v) is 17.1. The van der Waals surface area contributed by atoms with Crippen LogP contribution in [0.5, 0.6) is 11.5 Å². The van der Waals surface area contributed by atoms with Gasteiger partial charge in [0.1, 0.15) is 0 Å². The van der Waals surface area contributed by atoms with Gasteiger partial charge in [-0.15, -0.1) is 0 Å². The van der Waals surface area contributed by atoms with Gasteiger partial charge in [-0.2, -0.15) is 0 Å². The van der Waals surface area contributed by atoms with E-state index in [0.29, 0.717) is 35.4 Å². The van der Waals surface area contributed by atoms with E-state index in [4.69, 9.17) is 31.5 Å². The van der Waals surface area contributed by atoms with Crippen molar-refractivity contribution in [1.82, 2.24) is 4.90 Å². The number of fused-ring (bicyclic) bond motifs is 1. The Balaban J connectivity index is 2.13. The molecule has 6 nitrogen and oxygen atoms in total. The van der Waals surface area contributed by atoms with E-state index in [9.17, 15) is 4.79 Å². The molecule has 0 amide bonds. The van der Waals surface area contributed by atoms with E-state index >= 15 is 0 Å². The molecule has 0 saturated carbocycles. The van der Waals surface area contributed by atoms with Gasteiger partial charge < -0.3 is 19.9 Å². The smallest absolute Gasteiger partial charge is 0.320 e.